The van der Waals surface area contributed by atoms with Gasteiger partial charge in [-0.1, -0.05) is 188 Å². The van der Waals surface area contributed by atoms with Gasteiger partial charge in [-0.05, 0) is 19.3 Å². The number of carboxylic acid groups (broad SMARTS) is 1. The molecule has 1 N–H and O–H groups in total. The van der Waals surface area contributed by atoms with Gasteiger partial charge in [0.05, 0.1) is 5.41 Å². The molecule has 36 heavy (non-hydrogen) atoms. The first-order valence-corrected chi connectivity index (χ1v) is 16.9. The van der Waals surface area contributed by atoms with Crippen molar-refractivity contribution in [3.05, 3.63) is 0 Å². The summed E-state index contributed by atoms with van der Waals surface area (Å²) in [6.45, 7) is 6.80. The second-order valence-electron chi connectivity index (χ2n) is 12.0. The van der Waals surface area contributed by atoms with Gasteiger partial charge in [-0.3, -0.25) is 4.79 Å². The number of aliphatic carboxylic acids is 1. The number of unbranched alkanes of at least 4 members (excludes halogenated alkanes) is 23. The lowest BCUT2D eigenvalue weighted by atomic mass is 9.74. The second kappa shape index (κ2) is 27.5. The van der Waals surface area contributed by atoms with E-state index in [4.69, 9.17) is 0 Å². The van der Waals surface area contributed by atoms with Gasteiger partial charge in [0.2, 0.25) is 0 Å². The van der Waals surface area contributed by atoms with Gasteiger partial charge in [0, 0.05) is 0 Å². The van der Waals surface area contributed by atoms with Gasteiger partial charge in [-0.25, -0.2) is 0 Å². The molecule has 0 radical (unpaired) electrons. The van der Waals surface area contributed by atoms with Gasteiger partial charge in [-0.2, -0.15) is 0 Å². The molecular weight excluding hydrogens is 440 g/mol. The van der Waals surface area contributed by atoms with Crippen LogP contribution >= 0.6 is 0 Å². The van der Waals surface area contributed by atoms with E-state index in [-0.39, 0.29) is 0 Å². The van der Waals surface area contributed by atoms with Crippen LogP contribution in [0.3, 0.4) is 0 Å². The van der Waals surface area contributed by atoms with Crippen LogP contribution in [0.25, 0.3) is 0 Å². The van der Waals surface area contributed by atoms with E-state index in [0.717, 1.165) is 38.5 Å². The van der Waals surface area contributed by atoms with Crippen molar-refractivity contribution < 1.29 is 9.90 Å². The minimum atomic E-state index is -0.501. The minimum Gasteiger partial charge on any atom is -0.481 e. The zero-order valence-corrected chi connectivity index (χ0v) is 25.4. The molecule has 0 spiro atoms. The Morgan fingerprint density at radius 1 is 0.389 bits per heavy atom. The lowest BCUT2D eigenvalue weighted by Crippen LogP contribution is -2.31. The van der Waals surface area contributed by atoms with Crippen LogP contribution < -0.4 is 0 Å². The lowest BCUT2D eigenvalue weighted by Gasteiger charge is -2.30. The SMILES string of the molecule is CCCCCCCCCCCCCCCCC(CCCCCCCC)(CCCCCCCC)C(=O)O. The normalized spacial score (nSPS) is 11.9. The first-order valence-electron chi connectivity index (χ1n) is 16.9. The quantitative estimate of drug-likeness (QED) is 0.0979. The van der Waals surface area contributed by atoms with Gasteiger partial charge in [0.25, 0.3) is 0 Å². The van der Waals surface area contributed by atoms with E-state index in [1.807, 2.05) is 0 Å². The highest BCUT2D eigenvalue weighted by Crippen LogP contribution is 2.38. The van der Waals surface area contributed by atoms with Crippen LogP contribution in [0.5, 0.6) is 0 Å². The molecule has 0 bridgehead atoms. The summed E-state index contributed by atoms with van der Waals surface area (Å²) >= 11 is 0. The molecule has 0 aromatic rings. The van der Waals surface area contributed by atoms with Crippen molar-refractivity contribution in [1.82, 2.24) is 0 Å². The van der Waals surface area contributed by atoms with Crippen LogP contribution in [0.2, 0.25) is 0 Å². The highest BCUT2D eigenvalue weighted by Gasteiger charge is 2.36. The Bertz CT molecular complexity index is 428. The Hall–Kier alpha value is -0.530. The summed E-state index contributed by atoms with van der Waals surface area (Å²) in [4.78, 5) is 12.5. The minimum absolute atomic E-state index is 0.452. The van der Waals surface area contributed by atoms with Crippen LogP contribution in [0, 0.1) is 5.41 Å². The summed E-state index contributed by atoms with van der Waals surface area (Å²) in [5.74, 6) is -0.501. The van der Waals surface area contributed by atoms with E-state index < -0.39 is 11.4 Å². The van der Waals surface area contributed by atoms with Crippen molar-refractivity contribution in [1.29, 1.82) is 0 Å². The molecule has 0 heterocycles. The Morgan fingerprint density at radius 2 is 0.583 bits per heavy atom. The smallest absolute Gasteiger partial charge is 0.309 e. The monoisotopic (exact) mass is 509 g/mol. The Kier molecular flexibility index (Phi) is 27.1. The highest BCUT2D eigenvalue weighted by molar-refractivity contribution is 5.74. The third-order valence-electron chi connectivity index (χ3n) is 8.48. The number of carbonyl (C=O) groups is 1. The number of hydrogen-bond donors (Lipinski definition) is 1. The van der Waals surface area contributed by atoms with Crippen LogP contribution in [0.15, 0.2) is 0 Å². The van der Waals surface area contributed by atoms with Crippen LogP contribution in [-0.4, -0.2) is 11.1 Å². The largest absolute Gasteiger partial charge is 0.481 e. The second-order valence-corrected chi connectivity index (χ2v) is 12.0. The number of carboxylic acids is 1. The molecule has 0 aliphatic carbocycles. The molecule has 0 aliphatic rings. The van der Waals surface area contributed by atoms with Gasteiger partial charge in [0.15, 0.2) is 0 Å². The maximum Gasteiger partial charge on any atom is 0.309 e. The lowest BCUT2D eigenvalue weighted by molar-refractivity contribution is -0.150. The molecule has 0 saturated carbocycles. The van der Waals surface area contributed by atoms with Crippen molar-refractivity contribution in [2.24, 2.45) is 5.41 Å². The third kappa shape index (κ3) is 21.5. The van der Waals surface area contributed by atoms with Crippen molar-refractivity contribution in [2.75, 3.05) is 0 Å². The Morgan fingerprint density at radius 3 is 0.778 bits per heavy atom. The summed E-state index contributed by atoms with van der Waals surface area (Å²) in [6, 6.07) is 0. The highest BCUT2D eigenvalue weighted by atomic mass is 16.4. The van der Waals surface area contributed by atoms with Gasteiger partial charge >= 0.3 is 5.97 Å². The average molecular weight is 509 g/mol. The summed E-state index contributed by atoms with van der Waals surface area (Å²) in [5.41, 5.74) is -0.452. The Labute approximate surface area is 228 Å². The zero-order chi connectivity index (χ0) is 26.6. The number of rotatable bonds is 30. The van der Waals surface area contributed by atoms with Crippen LogP contribution in [0.1, 0.15) is 207 Å². The molecule has 0 fully saturated rings. The fraction of sp³-hybridized carbons (Fsp3) is 0.971. The van der Waals surface area contributed by atoms with Gasteiger partial charge in [0.1, 0.15) is 0 Å². The summed E-state index contributed by atoms with van der Waals surface area (Å²) < 4.78 is 0. The number of hydrogen-bond acceptors (Lipinski definition) is 1. The Balaban J connectivity index is 4.18. The molecule has 0 rings (SSSR count). The van der Waals surface area contributed by atoms with Crippen molar-refractivity contribution in [3.8, 4) is 0 Å². The molecule has 216 valence electrons. The maximum absolute atomic E-state index is 12.5. The molecule has 2 nitrogen and oxygen atoms in total. The molecule has 0 saturated heterocycles. The molecule has 0 aromatic carbocycles. The molecule has 2 heteroatoms. The molecule has 0 aliphatic heterocycles. The summed E-state index contributed by atoms with van der Waals surface area (Å²) in [5, 5.41) is 10.3. The molecule has 0 atom stereocenters. The third-order valence-corrected chi connectivity index (χ3v) is 8.48. The van der Waals surface area contributed by atoms with Crippen molar-refractivity contribution in [3.63, 3.8) is 0 Å². The van der Waals surface area contributed by atoms with E-state index in [1.165, 1.54) is 148 Å². The zero-order valence-electron chi connectivity index (χ0n) is 25.4. The first-order chi connectivity index (χ1) is 17.6. The van der Waals surface area contributed by atoms with Gasteiger partial charge < -0.3 is 5.11 Å². The predicted molar refractivity (Wildman–Crippen MR) is 161 cm³/mol. The van der Waals surface area contributed by atoms with Gasteiger partial charge in [-0.15, -0.1) is 0 Å². The van der Waals surface area contributed by atoms with Crippen LogP contribution in [-0.2, 0) is 4.79 Å². The van der Waals surface area contributed by atoms with Crippen molar-refractivity contribution in [2.45, 2.75) is 207 Å². The van der Waals surface area contributed by atoms with E-state index in [1.54, 1.807) is 0 Å². The van der Waals surface area contributed by atoms with Crippen molar-refractivity contribution >= 4 is 5.97 Å². The first kappa shape index (κ1) is 35.5. The van der Waals surface area contributed by atoms with Crippen LogP contribution in [0.4, 0.5) is 0 Å². The van der Waals surface area contributed by atoms with E-state index in [9.17, 15) is 9.90 Å². The summed E-state index contributed by atoms with van der Waals surface area (Å²) in [6.07, 6.45) is 36.7. The van der Waals surface area contributed by atoms with E-state index in [2.05, 4.69) is 20.8 Å². The standard InChI is InChI=1S/C34H68O2/c1-4-7-10-13-16-17-18-19-20-21-22-23-26-29-32-34(33(35)36,30-27-24-14-11-8-5-2)31-28-25-15-12-9-6-3/h4-32H2,1-3H3,(H,35,36). The summed E-state index contributed by atoms with van der Waals surface area (Å²) in [7, 11) is 0. The molecule has 0 amide bonds. The van der Waals surface area contributed by atoms with E-state index in [0.29, 0.717) is 0 Å². The molecular formula is C34H68O2. The fourth-order valence-corrected chi connectivity index (χ4v) is 5.84. The maximum atomic E-state index is 12.5. The topological polar surface area (TPSA) is 37.3 Å². The average Bonchev–Trinajstić information content (AvgIpc) is 2.87. The molecule has 0 unspecified atom stereocenters. The fourth-order valence-electron chi connectivity index (χ4n) is 5.84. The predicted octanol–water partition coefficient (Wildman–Crippen LogP) is 12.4. The van der Waals surface area contributed by atoms with E-state index >= 15 is 0 Å². The molecule has 0 aromatic heterocycles.